The number of benzene rings is 2. The first-order valence-electron chi connectivity index (χ1n) is 10.1. The second-order valence-corrected chi connectivity index (χ2v) is 8.03. The van der Waals surface area contributed by atoms with Crippen LogP contribution in [0.1, 0.15) is 17.9 Å². The van der Waals surface area contributed by atoms with Crippen LogP contribution in [0.2, 0.25) is 0 Å². The topological polar surface area (TPSA) is 96.3 Å². The number of aryl methyl sites for hydroxylation is 1. The summed E-state index contributed by atoms with van der Waals surface area (Å²) in [6.45, 7) is 0. The molecule has 4 rings (SSSR count). The molecule has 2 aromatic carbocycles. The van der Waals surface area contributed by atoms with E-state index in [9.17, 15) is 13.2 Å². The highest BCUT2D eigenvalue weighted by Gasteiger charge is 2.30. The number of alkyl halides is 3. The Hall–Kier alpha value is -3.54. The summed E-state index contributed by atoms with van der Waals surface area (Å²) < 4.78 is 60.2. The summed E-state index contributed by atoms with van der Waals surface area (Å²) in [5, 5.41) is 12.3. The first-order valence-corrected chi connectivity index (χ1v) is 11.0. The van der Waals surface area contributed by atoms with Crippen molar-refractivity contribution in [3.8, 4) is 34.3 Å². The maximum Gasteiger partial charge on any atom is 0.416 e. The van der Waals surface area contributed by atoms with Crippen LogP contribution in [0.15, 0.2) is 56.6 Å². The van der Waals surface area contributed by atoms with E-state index in [2.05, 4.69) is 20.3 Å². The van der Waals surface area contributed by atoms with Crippen LogP contribution in [0, 0.1) is 0 Å². The lowest BCUT2D eigenvalue weighted by molar-refractivity contribution is -0.137. The molecule has 34 heavy (non-hydrogen) atoms. The Labute approximate surface area is 196 Å². The minimum atomic E-state index is -4.44. The molecule has 0 fully saturated rings. The van der Waals surface area contributed by atoms with Gasteiger partial charge in [-0.2, -0.15) is 18.2 Å². The molecular formula is C22H19F3N4O4S. The molecule has 0 N–H and O–H groups in total. The maximum absolute atomic E-state index is 12.9. The Morgan fingerprint density at radius 1 is 1.03 bits per heavy atom. The van der Waals surface area contributed by atoms with Crippen molar-refractivity contribution in [2.24, 2.45) is 0 Å². The number of hydrogen-bond donors (Lipinski definition) is 0. The molecular weight excluding hydrogens is 473 g/mol. The lowest BCUT2D eigenvalue weighted by atomic mass is 10.1. The number of aromatic nitrogens is 4. The predicted molar refractivity (Wildman–Crippen MR) is 117 cm³/mol. The van der Waals surface area contributed by atoms with E-state index in [0.717, 1.165) is 12.1 Å². The minimum Gasteiger partial charge on any atom is -0.497 e. The lowest BCUT2D eigenvalue weighted by Crippen LogP contribution is -2.04. The molecule has 0 aliphatic carbocycles. The molecule has 0 aliphatic heterocycles. The van der Waals surface area contributed by atoms with Crippen LogP contribution in [0.25, 0.3) is 22.8 Å². The van der Waals surface area contributed by atoms with Gasteiger partial charge in [0.05, 0.1) is 25.3 Å². The standard InChI is InChI=1S/C22H19F3N4O4S/c1-30-15-8-9-16(17(12-15)31-2)20-27-28-21(32-20)34-10-4-7-18-26-19(29-33-18)13-5-3-6-14(11-13)22(23,24)25/h3,5-6,8-9,11-12H,4,7,10H2,1-2H3. The van der Waals surface area contributed by atoms with E-state index in [4.69, 9.17) is 18.4 Å². The quantitative estimate of drug-likeness (QED) is 0.220. The van der Waals surface area contributed by atoms with E-state index >= 15 is 0 Å². The van der Waals surface area contributed by atoms with Crippen molar-refractivity contribution in [3.05, 3.63) is 53.9 Å². The summed E-state index contributed by atoms with van der Waals surface area (Å²) in [5.74, 6) is 2.60. The molecule has 0 unspecified atom stereocenters. The fraction of sp³-hybridized carbons (Fsp3) is 0.273. The number of ether oxygens (including phenoxy) is 2. The molecule has 0 saturated carbocycles. The van der Waals surface area contributed by atoms with Crippen LogP contribution >= 0.6 is 11.8 Å². The third kappa shape index (κ3) is 5.50. The first kappa shape index (κ1) is 23.6. The molecule has 0 radical (unpaired) electrons. The molecule has 178 valence electrons. The summed E-state index contributed by atoms with van der Waals surface area (Å²) in [5.41, 5.74) is 0.126. The highest BCUT2D eigenvalue weighted by molar-refractivity contribution is 7.99. The van der Waals surface area contributed by atoms with E-state index in [1.54, 1.807) is 32.4 Å². The van der Waals surface area contributed by atoms with E-state index in [1.165, 1.54) is 23.9 Å². The van der Waals surface area contributed by atoms with E-state index in [0.29, 0.717) is 52.7 Å². The molecule has 12 heteroatoms. The zero-order valence-electron chi connectivity index (χ0n) is 18.1. The van der Waals surface area contributed by atoms with Crippen LogP contribution in [0.4, 0.5) is 13.2 Å². The van der Waals surface area contributed by atoms with Crippen LogP contribution < -0.4 is 9.47 Å². The van der Waals surface area contributed by atoms with Gasteiger partial charge in [0.15, 0.2) is 0 Å². The Morgan fingerprint density at radius 3 is 2.65 bits per heavy atom. The third-order valence-electron chi connectivity index (χ3n) is 4.72. The van der Waals surface area contributed by atoms with Gasteiger partial charge in [-0.3, -0.25) is 0 Å². The van der Waals surface area contributed by atoms with E-state index in [1.807, 2.05) is 0 Å². The van der Waals surface area contributed by atoms with E-state index < -0.39 is 11.7 Å². The number of nitrogens with zero attached hydrogens (tertiary/aromatic N) is 4. The van der Waals surface area contributed by atoms with Gasteiger partial charge < -0.3 is 18.4 Å². The largest absolute Gasteiger partial charge is 0.497 e. The zero-order valence-corrected chi connectivity index (χ0v) is 18.9. The highest BCUT2D eigenvalue weighted by atomic mass is 32.2. The molecule has 0 bridgehead atoms. The number of halogens is 3. The molecule has 0 saturated heterocycles. The van der Waals surface area contributed by atoms with Crippen molar-refractivity contribution in [1.29, 1.82) is 0 Å². The van der Waals surface area contributed by atoms with Crippen LogP contribution in [0.3, 0.4) is 0 Å². The van der Waals surface area contributed by atoms with Crippen molar-refractivity contribution < 1.29 is 31.6 Å². The molecule has 0 atom stereocenters. The minimum absolute atomic E-state index is 0.115. The van der Waals surface area contributed by atoms with Gasteiger partial charge in [0.2, 0.25) is 11.7 Å². The van der Waals surface area contributed by atoms with Crippen molar-refractivity contribution in [2.75, 3.05) is 20.0 Å². The summed E-state index contributed by atoms with van der Waals surface area (Å²) >= 11 is 1.36. The Balaban J connectivity index is 1.32. The molecule has 2 aromatic heterocycles. The van der Waals surface area contributed by atoms with Gasteiger partial charge in [-0.1, -0.05) is 29.1 Å². The first-order chi connectivity index (χ1) is 16.4. The van der Waals surface area contributed by atoms with Crippen LogP contribution in [-0.2, 0) is 12.6 Å². The molecule has 0 amide bonds. The average Bonchev–Trinajstić information content (AvgIpc) is 3.51. The lowest BCUT2D eigenvalue weighted by Gasteiger charge is -2.07. The van der Waals surface area contributed by atoms with Gasteiger partial charge in [-0.25, -0.2) is 0 Å². The Bertz CT molecular complexity index is 1260. The van der Waals surface area contributed by atoms with Gasteiger partial charge in [0.25, 0.3) is 11.1 Å². The van der Waals surface area contributed by atoms with Crippen LogP contribution in [-0.4, -0.2) is 40.3 Å². The van der Waals surface area contributed by atoms with Gasteiger partial charge in [0, 0.05) is 23.8 Å². The van der Waals surface area contributed by atoms with Crippen molar-refractivity contribution >= 4 is 11.8 Å². The van der Waals surface area contributed by atoms with Crippen molar-refractivity contribution in [2.45, 2.75) is 24.2 Å². The third-order valence-corrected chi connectivity index (χ3v) is 5.63. The Kier molecular flexibility index (Phi) is 7.06. The summed E-state index contributed by atoms with van der Waals surface area (Å²) in [6.07, 6.45) is -3.34. The van der Waals surface area contributed by atoms with E-state index in [-0.39, 0.29) is 11.4 Å². The predicted octanol–water partition coefficient (Wildman–Crippen LogP) is 5.55. The van der Waals surface area contributed by atoms with Crippen molar-refractivity contribution in [1.82, 2.24) is 20.3 Å². The molecule has 0 spiro atoms. The molecule has 2 heterocycles. The summed E-state index contributed by atoms with van der Waals surface area (Å²) in [6, 6.07) is 10.1. The highest BCUT2D eigenvalue weighted by Crippen LogP contribution is 2.34. The molecule has 0 aliphatic rings. The van der Waals surface area contributed by atoms with Gasteiger partial charge in [-0.15, -0.1) is 10.2 Å². The van der Waals surface area contributed by atoms with Crippen LogP contribution in [0.5, 0.6) is 11.5 Å². The fourth-order valence-corrected chi connectivity index (χ4v) is 3.74. The second-order valence-electron chi connectivity index (χ2n) is 6.98. The normalized spacial score (nSPS) is 11.6. The smallest absolute Gasteiger partial charge is 0.416 e. The summed E-state index contributed by atoms with van der Waals surface area (Å²) in [4.78, 5) is 4.20. The maximum atomic E-state index is 12.9. The SMILES string of the molecule is COc1ccc(-c2nnc(SCCCc3nc(-c4cccc(C(F)(F)F)c4)no3)o2)c(OC)c1. The number of methoxy groups -OCH3 is 2. The molecule has 4 aromatic rings. The van der Waals surface area contributed by atoms with Crippen molar-refractivity contribution in [3.63, 3.8) is 0 Å². The monoisotopic (exact) mass is 492 g/mol. The zero-order chi connectivity index (χ0) is 24.1. The second kappa shape index (κ2) is 10.2. The van der Waals surface area contributed by atoms with Gasteiger partial charge in [0.1, 0.15) is 11.5 Å². The van der Waals surface area contributed by atoms with Gasteiger partial charge in [-0.05, 0) is 30.7 Å². The summed E-state index contributed by atoms with van der Waals surface area (Å²) in [7, 11) is 3.11. The molecule has 8 nitrogen and oxygen atoms in total. The number of thioether (sulfide) groups is 1. The number of hydrogen-bond acceptors (Lipinski definition) is 9. The Morgan fingerprint density at radius 2 is 1.88 bits per heavy atom. The van der Waals surface area contributed by atoms with Gasteiger partial charge >= 0.3 is 6.18 Å². The fourth-order valence-electron chi connectivity index (χ4n) is 3.04. The number of rotatable bonds is 9. The average molecular weight is 492 g/mol.